The number of unbranched alkanes of at least 4 members (excludes halogenated alkanes) is 1. The predicted molar refractivity (Wildman–Crippen MR) is 156 cm³/mol. The first kappa shape index (κ1) is 30.9. The predicted octanol–water partition coefficient (Wildman–Crippen LogP) is 3.95. The zero-order valence-electron chi connectivity index (χ0n) is 25.2. The molecule has 1 aliphatic carbocycles. The van der Waals surface area contributed by atoms with Crippen LogP contribution in [0, 0.1) is 17.8 Å². The summed E-state index contributed by atoms with van der Waals surface area (Å²) in [4.78, 5) is 46.7. The van der Waals surface area contributed by atoms with Crippen LogP contribution < -0.4 is 9.47 Å². The SMILES string of the molecule is CCCCN(CCCN(C)C)C(=O)CC1C[C@@H](CCN2CCN(C)C2=O)[C@H](C(=O)O)[C@@H](c2ccc3c(c2)OCO3)C1. The highest BCUT2D eigenvalue weighted by molar-refractivity contribution is 5.77. The molecule has 0 spiro atoms. The average Bonchev–Trinajstić information content (AvgIpc) is 3.54. The second kappa shape index (κ2) is 14.2. The van der Waals surface area contributed by atoms with Crippen molar-refractivity contribution < 1.29 is 29.0 Å². The number of amides is 3. The number of carboxylic acid groups (broad SMARTS) is 1. The highest BCUT2D eigenvalue weighted by Crippen LogP contribution is 2.48. The zero-order chi connectivity index (χ0) is 29.5. The lowest BCUT2D eigenvalue weighted by atomic mass is 9.63. The summed E-state index contributed by atoms with van der Waals surface area (Å²) in [7, 11) is 5.88. The molecule has 1 N–H and O–H groups in total. The molecule has 3 aliphatic rings. The third-order valence-electron chi connectivity index (χ3n) is 8.98. The topological polar surface area (TPSA) is 103 Å². The fraction of sp³-hybridized carbons (Fsp3) is 0.710. The van der Waals surface area contributed by atoms with E-state index in [0.29, 0.717) is 56.8 Å². The first-order chi connectivity index (χ1) is 19.7. The number of hydrogen-bond donors (Lipinski definition) is 1. The van der Waals surface area contributed by atoms with Crippen molar-refractivity contribution in [2.45, 2.75) is 57.8 Å². The smallest absolute Gasteiger partial charge is 0.319 e. The average molecular weight is 573 g/mol. The number of nitrogens with zero attached hydrogens (tertiary/aromatic N) is 4. The number of fused-ring (bicyclic) bond motifs is 1. The summed E-state index contributed by atoms with van der Waals surface area (Å²) in [6.45, 7) is 6.59. The van der Waals surface area contributed by atoms with E-state index in [1.54, 1.807) is 11.9 Å². The number of carbonyl (C=O) groups is 3. The molecule has 0 aromatic heterocycles. The fourth-order valence-electron chi connectivity index (χ4n) is 6.73. The molecule has 1 aromatic rings. The van der Waals surface area contributed by atoms with Crippen molar-refractivity contribution in [2.75, 3.05) is 67.2 Å². The van der Waals surface area contributed by atoms with Gasteiger partial charge in [-0.15, -0.1) is 0 Å². The molecule has 1 aromatic carbocycles. The molecule has 4 rings (SSSR count). The molecule has 2 aliphatic heterocycles. The van der Waals surface area contributed by atoms with Gasteiger partial charge in [-0.2, -0.15) is 0 Å². The summed E-state index contributed by atoms with van der Waals surface area (Å²) in [6.07, 6.45) is 5.24. The quantitative estimate of drug-likeness (QED) is 0.360. The van der Waals surface area contributed by atoms with Gasteiger partial charge >= 0.3 is 12.0 Å². The molecule has 228 valence electrons. The number of carboxylic acids is 1. The van der Waals surface area contributed by atoms with Crippen molar-refractivity contribution in [2.24, 2.45) is 17.8 Å². The van der Waals surface area contributed by atoms with Crippen LogP contribution >= 0.6 is 0 Å². The van der Waals surface area contributed by atoms with E-state index in [1.807, 2.05) is 42.1 Å². The van der Waals surface area contributed by atoms with Gasteiger partial charge in [-0.05, 0) is 88.2 Å². The highest BCUT2D eigenvalue weighted by Gasteiger charge is 2.44. The van der Waals surface area contributed by atoms with E-state index < -0.39 is 11.9 Å². The van der Waals surface area contributed by atoms with Gasteiger partial charge in [0.25, 0.3) is 0 Å². The van der Waals surface area contributed by atoms with Gasteiger partial charge in [0.2, 0.25) is 12.7 Å². The summed E-state index contributed by atoms with van der Waals surface area (Å²) in [6, 6.07) is 5.72. The van der Waals surface area contributed by atoms with Gasteiger partial charge in [0, 0.05) is 46.2 Å². The fourth-order valence-corrected chi connectivity index (χ4v) is 6.73. The number of carbonyl (C=O) groups excluding carboxylic acids is 2. The van der Waals surface area contributed by atoms with Crippen LogP contribution in [-0.2, 0) is 9.59 Å². The Morgan fingerprint density at radius 3 is 2.49 bits per heavy atom. The minimum atomic E-state index is -0.819. The van der Waals surface area contributed by atoms with E-state index >= 15 is 0 Å². The Balaban J connectivity index is 1.54. The van der Waals surface area contributed by atoms with Crippen molar-refractivity contribution in [3.05, 3.63) is 23.8 Å². The Kier molecular flexibility index (Phi) is 10.8. The molecule has 3 amide bonds. The molecular formula is C31H48N4O6. The number of ether oxygens (including phenoxy) is 2. The van der Waals surface area contributed by atoms with Crippen molar-refractivity contribution in [1.29, 1.82) is 0 Å². The van der Waals surface area contributed by atoms with Crippen LogP contribution in [0.1, 0.15) is 63.4 Å². The lowest BCUT2D eigenvalue weighted by Gasteiger charge is -2.41. The van der Waals surface area contributed by atoms with E-state index in [0.717, 1.165) is 44.5 Å². The Morgan fingerprint density at radius 1 is 1.05 bits per heavy atom. The van der Waals surface area contributed by atoms with Crippen LogP contribution in [0.3, 0.4) is 0 Å². The van der Waals surface area contributed by atoms with E-state index in [4.69, 9.17) is 9.47 Å². The monoisotopic (exact) mass is 572 g/mol. The van der Waals surface area contributed by atoms with Crippen molar-refractivity contribution in [3.63, 3.8) is 0 Å². The van der Waals surface area contributed by atoms with E-state index in [9.17, 15) is 19.5 Å². The third kappa shape index (κ3) is 7.84. The molecular weight excluding hydrogens is 524 g/mol. The summed E-state index contributed by atoms with van der Waals surface area (Å²) in [5, 5.41) is 10.5. The number of likely N-dealkylation sites (N-methyl/N-ethyl adjacent to an activating group) is 1. The molecule has 0 radical (unpaired) electrons. The van der Waals surface area contributed by atoms with Crippen LogP contribution in [0.25, 0.3) is 0 Å². The molecule has 10 heteroatoms. The minimum absolute atomic E-state index is 0.00368. The van der Waals surface area contributed by atoms with E-state index in [2.05, 4.69) is 11.8 Å². The van der Waals surface area contributed by atoms with Crippen LogP contribution in [0.4, 0.5) is 4.79 Å². The van der Waals surface area contributed by atoms with Gasteiger partial charge in [0.05, 0.1) is 5.92 Å². The standard InChI is InChI=1S/C31H48N4O6/c1-5-6-12-34(13-7-11-32(2)3)28(36)19-22-17-24(10-14-35-16-15-33(4)31(35)39)29(30(37)38)25(18-22)23-8-9-26-27(20-23)41-21-40-26/h8-9,20,22,24-25,29H,5-7,10-19,21H2,1-4H3,(H,37,38)/t22?,24-,25-,29+/m1/s1. The number of urea groups is 1. The van der Waals surface area contributed by atoms with Gasteiger partial charge in [-0.1, -0.05) is 19.4 Å². The molecule has 1 saturated carbocycles. The van der Waals surface area contributed by atoms with Gasteiger partial charge in [-0.3, -0.25) is 9.59 Å². The number of hydrogen-bond acceptors (Lipinski definition) is 6. The number of benzene rings is 1. The Hall–Kier alpha value is -3.01. The van der Waals surface area contributed by atoms with Crippen LogP contribution in [0.2, 0.25) is 0 Å². The Morgan fingerprint density at radius 2 is 1.80 bits per heavy atom. The number of rotatable bonds is 14. The normalized spacial score (nSPS) is 23.9. The number of aliphatic carboxylic acids is 1. The van der Waals surface area contributed by atoms with Gasteiger partial charge in [0.15, 0.2) is 11.5 Å². The van der Waals surface area contributed by atoms with Crippen LogP contribution in [0.15, 0.2) is 18.2 Å². The molecule has 1 saturated heterocycles. The third-order valence-corrected chi connectivity index (χ3v) is 8.98. The maximum atomic E-state index is 13.7. The molecule has 10 nitrogen and oxygen atoms in total. The minimum Gasteiger partial charge on any atom is -0.481 e. The second-order valence-corrected chi connectivity index (χ2v) is 12.3. The zero-order valence-corrected chi connectivity index (χ0v) is 25.2. The lowest BCUT2D eigenvalue weighted by molar-refractivity contribution is -0.147. The largest absolute Gasteiger partial charge is 0.481 e. The molecule has 2 fully saturated rings. The second-order valence-electron chi connectivity index (χ2n) is 12.3. The molecule has 4 atom stereocenters. The summed E-state index contributed by atoms with van der Waals surface area (Å²) in [5.74, 6) is -0.295. The van der Waals surface area contributed by atoms with Crippen molar-refractivity contribution >= 4 is 17.9 Å². The molecule has 1 unspecified atom stereocenters. The van der Waals surface area contributed by atoms with Crippen LogP contribution in [-0.4, -0.2) is 110 Å². The lowest BCUT2D eigenvalue weighted by Crippen LogP contribution is -2.41. The maximum absolute atomic E-state index is 13.7. The van der Waals surface area contributed by atoms with Crippen molar-refractivity contribution in [1.82, 2.24) is 19.6 Å². The summed E-state index contributed by atoms with van der Waals surface area (Å²) >= 11 is 0. The van der Waals surface area contributed by atoms with E-state index in [1.165, 1.54) is 0 Å². The highest BCUT2D eigenvalue weighted by atomic mass is 16.7. The van der Waals surface area contributed by atoms with Gasteiger partial charge < -0.3 is 34.2 Å². The molecule has 41 heavy (non-hydrogen) atoms. The summed E-state index contributed by atoms with van der Waals surface area (Å²) < 4.78 is 11.1. The summed E-state index contributed by atoms with van der Waals surface area (Å²) in [5.41, 5.74) is 0.912. The molecule has 0 bridgehead atoms. The van der Waals surface area contributed by atoms with E-state index in [-0.39, 0.29) is 36.5 Å². The first-order valence-corrected chi connectivity index (χ1v) is 15.2. The Labute approximate surface area is 244 Å². The van der Waals surface area contributed by atoms with Gasteiger partial charge in [0.1, 0.15) is 0 Å². The maximum Gasteiger partial charge on any atom is 0.319 e. The molecule has 2 heterocycles. The Bertz CT molecular complexity index is 1070. The van der Waals surface area contributed by atoms with Gasteiger partial charge in [-0.25, -0.2) is 4.79 Å². The van der Waals surface area contributed by atoms with Crippen LogP contribution in [0.5, 0.6) is 11.5 Å². The van der Waals surface area contributed by atoms with Crippen molar-refractivity contribution in [3.8, 4) is 11.5 Å². The first-order valence-electron chi connectivity index (χ1n) is 15.2.